The fourth-order valence-electron chi connectivity index (χ4n) is 3.54. The van der Waals surface area contributed by atoms with Gasteiger partial charge in [-0.15, -0.1) is 11.3 Å². The van der Waals surface area contributed by atoms with Gasteiger partial charge in [-0.05, 0) is 38.1 Å². The Morgan fingerprint density at radius 1 is 1.16 bits per heavy atom. The Bertz CT molecular complexity index is 1070. The van der Waals surface area contributed by atoms with Crippen LogP contribution in [-0.4, -0.2) is 38.7 Å². The van der Waals surface area contributed by atoms with E-state index < -0.39 is 34.8 Å². The van der Waals surface area contributed by atoms with Crippen molar-refractivity contribution in [3.05, 3.63) is 58.6 Å². The maximum absolute atomic E-state index is 14.1. The number of amides is 1. The van der Waals surface area contributed by atoms with E-state index in [0.29, 0.717) is 11.2 Å². The van der Waals surface area contributed by atoms with Gasteiger partial charge in [-0.1, -0.05) is 18.6 Å². The molecule has 1 saturated heterocycles. The van der Waals surface area contributed by atoms with E-state index in [1.165, 1.54) is 18.6 Å². The molecule has 164 valence electrons. The lowest BCUT2D eigenvalue weighted by atomic mass is 10.1. The number of carbonyl (C=O) groups excluding carboxylic acids is 1. The highest BCUT2D eigenvalue weighted by molar-refractivity contribution is 7.14. The zero-order valence-electron chi connectivity index (χ0n) is 16.3. The summed E-state index contributed by atoms with van der Waals surface area (Å²) in [6.07, 6.45) is -0.683. The Hall–Kier alpha value is -2.79. The summed E-state index contributed by atoms with van der Waals surface area (Å²) >= 11 is 1.14. The number of aromatic nitrogens is 3. The molecule has 11 heteroatoms. The number of carbonyl (C=O) groups is 1. The molecule has 0 aliphatic carbocycles. The van der Waals surface area contributed by atoms with E-state index in [-0.39, 0.29) is 5.13 Å². The van der Waals surface area contributed by atoms with Crippen LogP contribution in [0.15, 0.2) is 35.8 Å². The molecule has 6 nitrogen and oxygen atoms in total. The molecular weight excluding hydrogens is 434 g/mol. The van der Waals surface area contributed by atoms with Crippen molar-refractivity contribution in [2.75, 3.05) is 18.4 Å². The van der Waals surface area contributed by atoms with E-state index in [2.05, 4.69) is 20.3 Å². The van der Waals surface area contributed by atoms with Crippen molar-refractivity contribution in [1.29, 1.82) is 0 Å². The molecule has 1 aliphatic rings. The summed E-state index contributed by atoms with van der Waals surface area (Å²) in [6, 6.07) is 4.93. The van der Waals surface area contributed by atoms with Crippen LogP contribution >= 0.6 is 11.3 Å². The zero-order chi connectivity index (χ0) is 22.0. The number of benzene rings is 1. The summed E-state index contributed by atoms with van der Waals surface area (Å²) < 4.78 is 55.7. The Labute approximate surface area is 179 Å². The molecule has 31 heavy (non-hydrogen) atoms. The van der Waals surface area contributed by atoms with Gasteiger partial charge in [0.25, 0.3) is 5.91 Å². The number of nitrogens with one attached hydrogen (secondary N) is 1. The minimum atomic E-state index is -4.92. The van der Waals surface area contributed by atoms with Gasteiger partial charge in [-0.3, -0.25) is 15.0 Å². The topological polar surface area (TPSA) is 63.1 Å². The van der Waals surface area contributed by atoms with Crippen LogP contribution in [0.4, 0.5) is 22.7 Å². The number of alkyl halides is 3. The summed E-state index contributed by atoms with van der Waals surface area (Å²) in [6.45, 7) is 2.58. The zero-order valence-corrected chi connectivity index (χ0v) is 17.1. The van der Waals surface area contributed by atoms with Crippen LogP contribution in [-0.2, 0) is 12.7 Å². The van der Waals surface area contributed by atoms with Gasteiger partial charge in [0.15, 0.2) is 10.8 Å². The third-order valence-electron chi connectivity index (χ3n) is 4.97. The number of rotatable bonds is 5. The number of piperidine rings is 1. The lowest BCUT2D eigenvalue weighted by Crippen LogP contribution is -2.29. The Morgan fingerprint density at radius 2 is 1.90 bits per heavy atom. The fourth-order valence-corrected chi connectivity index (χ4v) is 4.24. The van der Waals surface area contributed by atoms with Crippen molar-refractivity contribution >= 4 is 22.4 Å². The van der Waals surface area contributed by atoms with E-state index in [9.17, 15) is 22.4 Å². The van der Waals surface area contributed by atoms with Crippen LogP contribution in [0, 0.1) is 5.82 Å². The van der Waals surface area contributed by atoms with E-state index in [4.69, 9.17) is 0 Å². The van der Waals surface area contributed by atoms with Gasteiger partial charge in [-0.2, -0.15) is 18.3 Å². The first-order valence-electron chi connectivity index (χ1n) is 9.71. The number of anilines is 1. The second kappa shape index (κ2) is 8.75. The number of likely N-dealkylation sites (tertiary alicyclic amines) is 1. The Balaban J connectivity index is 1.56. The van der Waals surface area contributed by atoms with Crippen molar-refractivity contribution < 1.29 is 22.4 Å². The monoisotopic (exact) mass is 453 g/mol. The SMILES string of the molecule is O=C(Nc1nc(CN2CCCCC2)cs1)c1cnn(-c2ccccc2F)c1C(F)(F)F. The molecule has 3 aromatic rings. The van der Waals surface area contributed by atoms with Crippen LogP contribution in [0.1, 0.15) is 41.0 Å². The molecule has 1 N–H and O–H groups in total. The van der Waals surface area contributed by atoms with Gasteiger partial charge in [0, 0.05) is 11.9 Å². The second-order valence-corrected chi connectivity index (χ2v) is 8.06. The molecule has 0 spiro atoms. The summed E-state index contributed by atoms with van der Waals surface area (Å²) in [5.74, 6) is -1.89. The standard InChI is InChI=1S/C20H19F4N5OS/c21-15-6-2-3-7-16(15)29-17(20(22,23)24)14(10-25-29)18(30)27-19-26-13(12-31-19)11-28-8-4-1-5-9-28/h2-3,6-7,10,12H,1,4-5,8-9,11H2,(H,26,27,30). The number of halogens is 4. The van der Waals surface area contributed by atoms with E-state index in [1.54, 1.807) is 5.38 Å². The average molecular weight is 453 g/mol. The van der Waals surface area contributed by atoms with Crippen LogP contribution in [0.2, 0.25) is 0 Å². The summed E-state index contributed by atoms with van der Waals surface area (Å²) in [5.41, 5.74) is -1.70. The van der Waals surface area contributed by atoms with Crippen LogP contribution < -0.4 is 5.32 Å². The van der Waals surface area contributed by atoms with Gasteiger partial charge >= 0.3 is 6.18 Å². The predicted octanol–water partition coefficient (Wildman–Crippen LogP) is 4.72. The van der Waals surface area contributed by atoms with Crippen molar-refractivity contribution in [2.45, 2.75) is 32.0 Å². The molecule has 1 aliphatic heterocycles. The summed E-state index contributed by atoms with van der Waals surface area (Å²) in [7, 11) is 0. The Kier molecular flexibility index (Phi) is 6.05. The second-order valence-electron chi connectivity index (χ2n) is 7.20. The highest BCUT2D eigenvalue weighted by Crippen LogP contribution is 2.34. The number of nitrogens with zero attached hydrogens (tertiary/aromatic N) is 4. The van der Waals surface area contributed by atoms with Gasteiger partial charge in [0.1, 0.15) is 11.5 Å². The van der Waals surface area contributed by atoms with Crippen LogP contribution in [0.3, 0.4) is 0 Å². The summed E-state index contributed by atoms with van der Waals surface area (Å²) in [5, 5.41) is 8.02. The molecule has 0 saturated carbocycles. The largest absolute Gasteiger partial charge is 0.434 e. The van der Waals surface area contributed by atoms with Gasteiger partial charge in [-0.25, -0.2) is 14.1 Å². The third kappa shape index (κ3) is 4.77. The third-order valence-corrected chi connectivity index (χ3v) is 5.78. The molecule has 1 aromatic carbocycles. The van der Waals surface area contributed by atoms with E-state index in [1.807, 2.05) is 0 Å². The maximum atomic E-state index is 14.1. The van der Waals surface area contributed by atoms with Crippen molar-refractivity contribution in [3.8, 4) is 5.69 Å². The molecule has 1 fully saturated rings. The van der Waals surface area contributed by atoms with Gasteiger partial charge in [0.2, 0.25) is 0 Å². The smallest absolute Gasteiger partial charge is 0.298 e. The average Bonchev–Trinajstić information content (AvgIpc) is 3.36. The van der Waals surface area contributed by atoms with Crippen molar-refractivity contribution in [3.63, 3.8) is 0 Å². The van der Waals surface area contributed by atoms with Gasteiger partial charge < -0.3 is 0 Å². The molecule has 0 bridgehead atoms. The first kappa shape index (κ1) is 21.4. The van der Waals surface area contributed by atoms with E-state index in [0.717, 1.165) is 61.3 Å². The molecule has 0 unspecified atom stereocenters. The molecule has 0 atom stereocenters. The summed E-state index contributed by atoms with van der Waals surface area (Å²) in [4.78, 5) is 19.2. The van der Waals surface area contributed by atoms with Crippen molar-refractivity contribution in [1.82, 2.24) is 19.7 Å². The normalized spacial score (nSPS) is 15.2. The molecule has 1 amide bonds. The molecule has 0 radical (unpaired) electrons. The lowest BCUT2D eigenvalue weighted by Gasteiger charge is -2.25. The predicted molar refractivity (Wildman–Crippen MR) is 108 cm³/mol. The maximum Gasteiger partial charge on any atom is 0.434 e. The van der Waals surface area contributed by atoms with Crippen LogP contribution in [0.5, 0.6) is 0 Å². The Morgan fingerprint density at radius 3 is 2.61 bits per heavy atom. The van der Waals surface area contributed by atoms with Crippen LogP contribution in [0.25, 0.3) is 5.69 Å². The first-order valence-corrected chi connectivity index (χ1v) is 10.6. The number of hydrogen-bond donors (Lipinski definition) is 1. The van der Waals surface area contributed by atoms with E-state index >= 15 is 0 Å². The van der Waals surface area contributed by atoms with Crippen molar-refractivity contribution in [2.24, 2.45) is 0 Å². The molecular formula is C20H19F4N5OS. The molecule has 4 rings (SSSR count). The van der Waals surface area contributed by atoms with Gasteiger partial charge in [0.05, 0.1) is 17.5 Å². The lowest BCUT2D eigenvalue weighted by molar-refractivity contribution is -0.143. The quantitative estimate of drug-likeness (QED) is 0.568. The highest BCUT2D eigenvalue weighted by atomic mass is 32.1. The minimum absolute atomic E-state index is 0.198. The fraction of sp³-hybridized carbons (Fsp3) is 0.350. The highest BCUT2D eigenvalue weighted by Gasteiger charge is 2.41. The molecule has 3 heterocycles. The number of hydrogen-bond acceptors (Lipinski definition) is 5. The first-order chi connectivity index (χ1) is 14.8. The number of thiazole rings is 1. The minimum Gasteiger partial charge on any atom is -0.298 e. The molecule has 2 aromatic heterocycles. The number of para-hydroxylation sites is 1.